The first-order valence-corrected chi connectivity index (χ1v) is 7.41. The lowest BCUT2D eigenvalue weighted by Crippen LogP contribution is -2.43. The van der Waals surface area contributed by atoms with Crippen molar-refractivity contribution < 1.29 is 13.2 Å². The van der Waals surface area contributed by atoms with Crippen molar-refractivity contribution in [1.82, 2.24) is 9.29 Å². The molecule has 1 aliphatic heterocycles. The number of pyridine rings is 1. The van der Waals surface area contributed by atoms with Gasteiger partial charge >= 0.3 is 0 Å². The molecule has 0 saturated carbocycles. The predicted molar refractivity (Wildman–Crippen MR) is 67.7 cm³/mol. The standard InChI is InChI=1S/C12H15N3O3S/c1-18-10-4-3-7-15(9-10)19(16,17)12-5-2-6-14-11(12)8-13/h2,5-6,10H,3-4,7,9H2,1H3. The van der Waals surface area contributed by atoms with Crippen LogP contribution in [0.15, 0.2) is 23.2 Å². The molecule has 1 aliphatic rings. The number of sulfonamides is 1. The molecule has 0 aliphatic carbocycles. The Balaban J connectivity index is 2.35. The van der Waals surface area contributed by atoms with Crippen molar-refractivity contribution in [1.29, 1.82) is 5.26 Å². The van der Waals surface area contributed by atoms with E-state index in [0.29, 0.717) is 13.1 Å². The normalized spacial score (nSPS) is 20.9. The lowest BCUT2D eigenvalue weighted by Gasteiger charge is -2.31. The van der Waals surface area contributed by atoms with Crippen LogP contribution >= 0.6 is 0 Å². The van der Waals surface area contributed by atoms with Gasteiger partial charge in [-0.15, -0.1) is 0 Å². The lowest BCUT2D eigenvalue weighted by molar-refractivity contribution is 0.0572. The van der Waals surface area contributed by atoms with Gasteiger partial charge in [0.2, 0.25) is 10.0 Å². The molecule has 1 fully saturated rings. The summed E-state index contributed by atoms with van der Waals surface area (Å²) in [7, 11) is -2.10. The second-order valence-corrected chi connectivity index (χ2v) is 6.23. The van der Waals surface area contributed by atoms with Crippen molar-refractivity contribution in [3.63, 3.8) is 0 Å². The van der Waals surface area contributed by atoms with Gasteiger partial charge in [-0.25, -0.2) is 13.4 Å². The Bertz CT molecular complexity index is 594. The molecule has 1 saturated heterocycles. The van der Waals surface area contributed by atoms with Crippen molar-refractivity contribution in [2.24, 2.45) is 0 Å². The number of nitrogens with zero attached hydrogens (tertiary/aromatic N) is 3. The topological polar surface area (TPSA) is 83.3 Å². The Kier molecular flexibility index (Phi) is 4.14. The average Bonchev–Trinajstić information content (AvgIpc) is 2.47. The van der Waals surface area contributed by atoms with Gasteiger partial charge in [0.25, 0.3) is 0 Å². The van der Waals surface area contributed by atoms with Crippen LogP contribution in [0.3, 0.4) is 0 Å². The number of rotatable bonds is 3. The fourth-order valence-corrected chi connectivity index (χ4v) is 3.74. The zero-order chi connectivity index (χ0) is 13.9. The number of aromatic nitrogens is 1. The molecule has 1 unspecified atom stereocenters. The summed E-state index contributed by atoms with van der Waals surface area (Å²) >= 11 is 0. The summed E-state index contributed by atoms with van der Waals surface area (Å²) in [5, 5.41) is 8.96. The summed E-state index contributed by atoms with van der Waals surface area (Å²) in [6, 6.07) is 4.75. The fourth-order valence-electron chi connectivity index (χ4n) is 2.14. The fraction of sp³-hybridized carbons (Fsp3) is 0.500. The van der Waals surface area contributed by atoms with E-state index in [4.69, 9.17) is 10.00 Å². The molecule has 1 atom stereocenters. The van der Waals surface area contributed by atoms with E-state index in [0.717, 1.165) is 12.8 Å². The first kappa shape index (κ1) is 13.9. The molecule has 2 rings (SSSR count). The van der Waals surface area contributed by atoms with Crippen LogP contribution < -0.4 is 0 Å². The van der Waals surface area contributed by atoms with Gasteiger partial charge in [-0.2, -0.15) is 9.57 Å². The zero-order valence-electron chi connectivity index (χ0n) is 10.6. The van der Waals surface area contributed by atoms with Gasteiger partial charge in [-0.3, -0.25) is 0 Å². The van der Waals surface area contributed by atoms with Gasteiger partial charge in [-0.05, 0) is 25.0 Å². The molecule has 19 heavy (non-hydrogen) atoms. The first-order chi connectivity index (χ1) is 9.09. The summed E-state index contributed by atoms with van der Waals surface area (Å²) in [6.45, 7) is 0.764. The molecule has 7 heteroatoms. The van der Waals surface area contributed by atoms with Crippen LogP contribution in [0.25, 0.3) is 0 Å². The maximum Gasteiger partial charge on any atom is 0.246 e. The molecular weight excluding hydrogens is 266 g/mol. The highest BCUT2D eigenvalue weighted by Crippen LogP contribution is 2.23. The largest absolute Gasteiger partial charge is 0.380 e. The number of methoxy groups -OCH3 is 1. The first-order valence-electron chi connectivity index (χ1n) is 5.97. The molecule has 0 bridgehead atoms. The van der Waals surface area contributed by atoms with E-state index in [1.165, 1.54) is 22.6 Å². The summed E-state index contributed by atoms with van der Waals surface area (Å²) < 4.78 is 31.6. The highest BCUT2D eigenvalue weighted by molar-refractivity contribution is 7.89. The summed E-state index contributed by atoms with van der Waals surface area (Å²) in [5.74, 6) is 0. The minimum absolute atomic E-state index is 0.0331. The van der Waals surface area contributed by atoms with Crippen LogP contribution in [0.2, 0.25) is 0 Å². The highest BCUT2D eigenvalue weighted by atomic mass is 32.2. The second kappa shape index (κ2) is 5.65. The molecule has 2 heterocycles. The Labute approximate surface area is 112 Å². The number of hydrogen-bond acceptors (Lipinski definition) is 5. The van der Waals surface area contributed by atoms with E-state index < -0.39 is 10.0 Å². The SMILES string of the molecule is COC1CCCN(S(=O)(=O)c2cccnc2C#N)C1. The van der Waals surface area contributed by atoms with Gasteiger partial charge in [-0.1, -0.05) is 0 Å². The number of piperidine rings is 1. The monoisotopic (exact) mass is 281 g/mol. The molecule has 0 aromatic carbocycles. The lowest BCUT2D eigenvalue weighted by atomic mass is 10.1. The number of hydrogen-bond donors (Lipinski definition) is 0. The minimum atomic E-state index is -3.68. The van der Waals surface area contributed by atoms with Crippen molar-refractivity contribution in [3.05, 3.63) is 24.0 Å². The minimum Gasteiger partial charge on any atom is -0.380 e. The average molecular weight is 281 g/mol. The van der Waals surface area contributed by atoms with Crippen LogP contribution in [0.4, 0.5) is 0 Å². The molecule has 102 valence electrons. The molecule has 0 radical (unpaired) electrons. The number of nitriles is 1. The Morgan fingerprint density at radius 2 is 2.37 bits per heavy atom. The summed E-state index contributed by atoms with van der Waals surface area (Å²) in [4.78, 5) is 3.77. The molecule has 6 nitrogen and oxygen atoms in total. The van der Waals surface area contributed by atoms with Gasteiger partial charge in [0, 0.05) is 26.4 Å². The van der Waals surface area contributed by atoms with E-state index >= 15 is 0 Å². The van der Waals surface area contributed by atoms with Gasteiger partial charge < -0.3 is 4.74 Å². The van der Waals surface area contributed by atoms with E-state index in [1.807, 2.05) is 6.07 Å². The third-order valence-corrected chi connectivity index (χ3v) is 5.07. The molecule has 0 N–H and O–H groups in total. The predicted octanol–water partition coefficient (Wildman–Crippen LogP) is 0.753. The van der Waals surface area contributed by atoms with E-state index in [1.54, 1.807) is 7.11 Å². The van der Waals surface area contributed by atoms with Gasteiger partial charge in [0.05, 0.1) is 6.10 Å². The van der Waals surface area contributed by atoms with Gasteiger partial charge in [0.15, 0.2) is 5.69 Å². The van der Waals surface area contributed by atoms with Crippen LogP contribution in [0, 0.1) is 11.3 Å². The third kappa shape index (κ3) is 2.76. The molecular formula is C12H15N3O3S. The van der Waals surface area contributed by atoms with Crippen molar-refractivity contribution in [2.45, 2.75) is 23.8 Å². The molecule has 1 aromatic rings. The third-order valence-electron chi connectivity index (χ3n) is 3.17. The Morgan fingerprint density at radius 3 is 3.05 bits per heavy atom. The maximum atomic E-state index is 12.5. The number of ether oxygens (including phenoxy) is 1. The zero-order valence-corrected chi connectivity index (χ0v) is 11.4. The maximum absolute atomic E-state index is 12.5. The molecule has 0 spiro atoms. The Hall–Kier alpha value is -1.49. The Morgan fingerprint density at radius 1 is 1.58 bits per heavy atom. The van der Waals surface area contributed by atoms with Gasteiger partial charge in [0.1, 0.15) is 11.0 Å². The highest BCUT2D eigenvalue weighted by Gasteiger charge is 2.32. The van der Waals surface area contributed by atoms with Crippen LogP contribution in [-0.4, -0.2) is 44.0 Å². The van der Waals surface area contributed by atoms with Crippen LogP contribution in [-0.2, 0) is 14.8 Å². The van der Waals surface area contributed by atoms with E-state index in [2.05, 4.69) is 4.98 Å². The summed E-state index contributed by atoms with van der Waals surface area (Å²) in [5.41, 5.74) is -0.0676. The van der Waals surface area contributed by atoms with E-state index in [-0.39, 0.29) is 16.7 Å². The molecule has 1 aromatic heterocycles. The van der Waals surface area contributed by atoms with Crippen LogP contribution in [0.1, 0.15) is 18.5 Å². The molecule has 0 amide bonds. The van der Waals surface area contributed by atoms with Crippen molar-refractivity contribution in [3.8, 4) is 6.07 Å². The second-order valence-electron chi connectivity index (χ2n) is 4.32. The quantitative estimate of drug-likeness (QED) is 0.816. The van der Waals surface area contributed by atoms with Crippen LogP contribution in [0.5, 0.6) is 0 Å². The van der Waals surface area contributed by atoms with Crippen molar-refractivity contribution in [2.75, 3.05) is 20.2 Å². The van der Waals surface area contributed by atoms with E-state index in [9.17, 15) is 8.42 Å². The smallest absolute Gasteiger partial charge is 0.246 e. The van der Waals surface area contributed by atoms with Crippen molar-refractivity contribution >= 4 is 10.0 Å². The summed E-state index contributed by atoms with van der Waals surface area (Å²) in [6.07, 6.45) is 2.91.